The lowest BCUT2D eigenvalue weighted by Gasteiger charge is -2.10. The maximum absolute atomic E-state index is 11.9. The van der Waals surface area contributed by atoms with E-state index in [0.29, 0.717) is 26.9 Å². The highest BCUT2D eigenvalue weighted by Gasteiger charge is 2.34. The molecule has 5 heteroatoms. The van der Waals surface area contributed by atoms with Crippen molar-refractivity contribution < 1.29 is 19.8 Å². The molecule has 3 rings (SSSR count). The third-order valence-corrected chi connectivity index (χ3v) is 2.86. The second-order valence-corrected chi connectivity index (χ2v) is 3.76. The van der Waals surface area contributed by atoms with Crippen LogP contribution in [0, 0.1) is 0 Å². The number of carbonyl (C=O) groups is 2. The Labute approximate surface area is 95.5 Å². The van der Waals surface area contributed by atoms with Crippen LogP contribution in [-0.4, -0.2) is 22.2 Å². The Morgan fingerprint density at radius 3 is 2.65 bits per heavy atom. The first kappa shape index (κ1) is 9.65. The largest absolute Gasteiger partial charge is 0.507 e. The van der Waals surface area contributed by atoms with E-state index in [1.165, 1.54) is 12.1 Å². The van der Waals surface area contributed by atoms with Gasteiger partial charge in [0.25, 0.3) is 5.91 Å². The average molecular weight is 229 g/mol. The van der Waals surface area contributed by atoms with E-state index in [1.807, 2.05) is 0 Å². The molecule has 2 aromatic rings. The predicted octanol–water partition coefficient (Wildman–Crippen LogP) is 2.18. The third-order valence-electron chi connectivity index (χ3n) is 2.86. The van der Waals surface area contributed by atoms with Crippen LogP contribution in [0.2, 0.25) is 0 Å². The minimum atomic E-state index is -1.32. The number of anilines is 1. The number of amides is 2. The first-order valence-corrected chi connectivity index (χ1v) is 4.93. The van der Waals surface area contributed by atoms with Crippen molar-refractivity contribution >= 4 is 28.5 Å². The van der Waals surface area contributed by atoms with Gasteiger partial charge in [0.2, 0.25) is 0 Å². The minimum absolute atomic E-state index is 0.0330. The number of nitrogens with zero attached hydrogens (tertiary/aromatic N) is 1. The maximum Gasteiger partial charge on any atom is 0.419 e. The molecule has 0 aliphatic carbocycles. The van der Waals surface area contributed by atoms with Crippen LogP contribution >= 0.6 is 0 Å². The summed E-state index contributed by atoms with van der Waals surface area (Å²) in [5.41, 5.74) is 0.599. The SMILES string of the molecule is O=C(O)N1C(=O)c2cccc3c(O)ccc1c23. The summed E-state index contributed by atoms with van der Waals surface area (Å²) >= 11 is 0. The Kier molecular flexibility index (Phi) is 1.69. The molecule has 2 aromatic carbocycles. The van der Waals surface area contributed by atoms with Crippen molar-refractivity contribution in [2.45, 2.75) is 0 Å². The first-order valence-electron chi connectivity index (χ1n) is 4.93. The van der Waals surface area contributed by atoms with Gasteiger partial charge in [-0.3, -0.25) is 4.79 Å². The van der Waals surface area contributed by atoms with E-state index >= 15 is 0 Å². The van der Waals surface area contributed by atoms with Crippen molar-refractivity contribution in [3.63, 3.8) is 0 Å². The topological polar surface area (TPSA) is 77.8 Å². The van der Waals surface area contributed by atoms with Gasteiger partial charge >= 0.3 is 6.09 Å². The number of carboxylic acid groups (broad SMARTS) is 1. The van der Waals surface area contributed by atoms with E-state index in [2.05, 4.69) is 0 Å². The molecule has 0 saturated carbocycles. The smallest absolute Gasteiger partial charge is 0.419 e. The normalized spacial score (nSPS) is 13.4. The molecule has 2 amide bonds. The standard InChI is InChI=1S/C12H7NO4/c14-9-5-4-8-10-6(9)2-1-3-7(10)11(15)13(8)12(16)17/h1-5,14H,(H,16,17). The van der Waals surface area contributed by atoms with Crippen LogP contribution in [-0.2, 0) is 0 Å². The highest BCUT2D eigenvalue weighted by Crippen LogP contribution is 2.40. The number of phenols is 1. The summed E-state index contributed by atoms with van der Waals surface area (Å²) in [5.74, 6) is -0.547. The lowest BCUT2D eigenvalue weighted by atomic mass is 10.0. The molecule has 1 heterocycles. The van der Waals surface area contributed by atoms with Crippen molar-refractivity contribution in [1.82, 2.24) is 0 Å². The third kappa shape index (κ3) is 1.08. The molecule has 0 fully saturated rings. The van der Waals surface area contributed by atoms with Gasteiger partial charge in [-0.15, -0.1) is 0 Å². The van der Waals surface area contributed by atoms with Gasteiger partial charge in [0.15, 0.2) is 0 Å². The molecule has 0 saturated heterocycles. The van der Waals surface area contributed by atoms with Crippen LogP contribution in [0.15, 0.2) is 30.3 Å². The molecule has 0 spiro atoms. The van der Waals surface area contributed by atoms with Gasteiger partial charge in [-0.2, -0.15) is 0 Å². The van der Waals surface area contributed by atoms with Crippen molar-refractivity contribution in [1.29, 1.82) is 0 Å². The number of hydrogen-bond acceptors (Lipinski definition) is 3. The van der Waals surface area contributed by atoms with Crippen LogP contribution in [0.5, 0.6) is 5.75 Å². The number of benzene rings is 2. The zero-order valence-electron chi connectivity index (χ0n) is 8.54. The van der Waals surface area contributed by atoms with Gasteiger partial charge in [-0.25, -0.2) is 9.69 Å². The molecule has 0 bridgehead atoms. The van der Waals surface area contributed by atoms with Crippen molar-refractivity contribution in [3.05, 3.63) is 35.9 Å². The van der Waals surface area contributed by atoms with Crippen molar-refractivity contribution in [3.8, 4) is 5.75 Å². The van der Waals surface area contributed by atoms with Crippen LogP contribution < -0.4 is 4.90 Å². The van der Waals surface area contributed by atoms with Gasteiger partial charge in [0.05, 0.1) is 11.3 Å². The number of hydrogen-bond donors (Lipinski definition) is 2. The van der Waals surface area contributed by atoms with Gasteiger partial charge in [-0.1, -0.05) is 12.1 Å². The Hall–Kier alpha value is -2.56. The average Bonchev–Trinajstić information content (AvgIpc) is 2.59. The fourth-order valence-electron chi connectivity index (χ4n) is 2.16. The van der Waals surface area contributed by atoms with Crippen molar-refractivity contribution in [2.24, 2.45) is 0 Å². The molecular weight excluding hydrogens is 222 g/mol. The first-order chi connectivity index (χ1) is 8.11. The summed E-state index contributed by atoms with van der Waals surface area (Å²) in [6, 6.07) is 7.63. The Balaban J connectivity index is 2.47. The van der Waals surface area contributed by atoms with Gasteiger partial charge in [0, 0.05) is 10.8 Å². The predicted molar refractivity (Wildman–Crippen MR) is 60.4 cm³/mol. The second-order valence-electron chi connectivity index (χ2n) is 3.76. The highest BCUT2D eigenvalue weighted by molar-refractivity contribution is 6.32. The zero-order chi connectivity index (χ0) is 12.2. The summed E-state index contributed by atoms with van der Waals surface area (Å²) in [7, 11) is 0. The van der Waals surface area contributed by atoms with E-state index in [-0.39, 0.29) is 5.75 Å². The molecular formula is C12H7NO4. The Morgan fingerprint density at radius 1 is 1.18 bits per heavy atom. The van der Waals surface area contributed by atoms with E-state index < -0.39 is 12.0 Å². The summed E-state index contributed by atoms with van der Waals surface area (Å²) in [5, 5.41) is 19.7. The quantitative estimate of drug-likeness (QED) is 0.725. The molecule has 17 heavy (non-hydrogen) atoms. The molecule has 0 radical (unpaired) electrons. The summed E-state index contributed by atoms with van der Waals surface area (Å²) < 4.78 is 0. The molecule has 1 aliphatic rings. The number of phenolic OH excluding ortho intramolecular Hbond substituents is 1. The van der Waals surface area contributed by atoms with Crippen LogP contribution in [0.4, 0.5) is 10.5 Å². The van der Waals surface area contributed by atoms with Crippen LogP contribution in [0.25, 0.3) is 10.8 Å². The highest BCUT2D eigenvalue weighted by atomic mass is 16.4. The van der Waals surface area contributed by atoms with E-state index in [4.69, 9.17) is 5.11 Å². The number of carbonyl (C=O) groups excluding carboxylic acids is 1. The molecule has 1 aliphatic heterocycles. The monoisotopic (exact) mass is 229 g/mol. The lowest BCUT2D eigenvalue weighted by Crippen LogP contribution is -2.32. The van der Waals surface area contributed by atoms with E-state index in [1.54, 1.807) is 18.2 Å². The summed E-state index contributed by atoms with van der Waals surface area (Å²) in [6.45, 7) is 0. The van der Waals surface area contributed by atoms with Gasteiger partial charge in [-0.05, 0) is 18.2 Å². The molecule has 0 aromatic heterocycles. The number of aromatic hydroxyl groups is 1. The van der Waals surface area contributed by atoms with Crippen LogP contribution in [0.3, 0.4) is 0 Å². The fraction of sp³-hybridized carbons (Fsp3) is 0. The molecule has 0 unspecified atom stereocenters. The molecule has 5 nitrogen and oxygen atoms in total. The van der Waals surface area contributed by atoms with Crippen LogP contribution in [0.1, 0.15) is 10.4 Å². The lowest BCUT2D eigenvalue weighted by molar-refractivity contribution is 0.0989. The van der Waals surface area contributed by atoms with Crippen molar-refractivity contribution in [2.75, 3.05) is 4.90 Å². The Morgan fingerprint density at radius 2 is 1.94 bits per heavy atom. The molecule has 84 valence electrons. The van der Waals surface area contributed by atoms with Gasteiger partial charge < -0.3 is 10.2 Å². The minimum Gasteiger partial charge on any atom is -0.507 e. The second kappa shape index (κ2) is 2.98. The van der Waals surface area contributed by atoms with E-state index in [9.17, 15) is 14.7 Å². The summed E-state index contributed by atoms with van der Waals surface area (Å²) in [4.78, 5) is 23.6. The van der Waals surface area contributed by atoms with Gasteiger partial charge in [0.1, 0.15) is 5.75 Å². The zero-order valence-corrected chi connectivity index (χ0v) is 8.54. The fourth-order valence-corrected chi connectivity index (χ4v) is 2.16. The summed E-state index contributed by atoms with van der Waals surface area (Å²) in [6.07, 6.45) is -1.32. The van der Waals surface area contributed by atoms with E-state index in [0.717, 1.165) is 0 Å². The number of imide groups is 1. The maximum atomic E-state index is 11.9. The molecule has 2 N–H and O–H groups in total. The Bertz CT molecular complexity index is 678. The molecule has 0 atom stereocenters. The number of rotatable bonds is 0.